The first kappa shape index (κ1) is 12.4. The number of aromatic nitrogens is 3. The number of nitrogens with zero attached hydrogens (tertiary/aromatic N) is 4. The predicted octanol–water partition coefficient (Wildman–Crippen LogP) is -0.0749. The van der Waals surface area contributed by atoms with Crippen molar-refractivity contribution in [3.05, 3.63) is 0 Å². The number of hydrogen-bond acceptors (Lipinski definition) is 8. The molecule has 1 aromatic heterocycles. The Morgan fingerprint density at radius 2 is 2.11 bits per heavy atom. The topological polar surface area (TPSA) is 98.4 Å². The van der Waals surface area contributed by atoms with Crippen molar-refractivity contribution in [2.24, 2.45) is 5.84 Å². The van der Waals surface area contributed by atoms with E-state index >= 15 is 0 Å². The second kappa shape index (κ2) is 5.54. The smallest absolute Gasteiger partial charge is 0.323 e. The van der Waals surface area contributed by atoms with Crippen LogP contribution in [0.4, 0.5) is 11.9 Å². The Labute approximate surface area is 111 Å². The molecule has 104 valence electrons. The summed E-state index contributed by atoms with van der Waals surface area (Å²) in [5, 5.41) is 0. The summed E-state index contributed by atoms with van der Waals surface area (Å²) in [5.41, 5.74) is 2.46. The molecule has 3 N–H and O–H groups in total. The molecule has 1 atom stereocenters. The van der Waals surface area contributed by atoms with Gasteiger partial charge in [-0.15, -0.1) is 0 Å². The molecule has 0 bridgehead atoms. The molecule has 1 aromatic rings. The van der Waals surface area contributed by atoms with Crippen molar-refractivity contribution in [3.8, 4) is 6.01 Å². The van der Waals surface area contributed by atoms with Crippen molar-refractivity contribution in [1.29, 1.82) is 0 Å². The minimum atomic E-state index is 0.0134. The predicted molar refractivity (Wildman–Crippen MR) is 68.9 cm³/mol. The molecule has 2 saturated heterocycles. The summed E-state index contributed by atoms with van der Waals surface area (Å²) >= 11 is 0. The van der Waals surface area contributed by atoms with Gasteiger partial charge in [0.05, 0.1) is 13.2 Å². The fourth-order valence-corrected chi connectivity index (χ4v) is 2.28. The Morgan fingerprint density at radius 3 is 2.79 bits per heavy atom. The molecule has 0 spiro atoms. The highest BCUT2D eigenvalue weighted by Crippen LogP contribution is 2.20. The van der Waals surface area contributed by atoms with Gasteiger partial charge in [0.2, 0.25) is 11.9 Å². The van der Waals surface area contributed by atoms with E-state index in [4.69, 9.17) is 15.3 Å². The molecular formula is C11H18N6O2. The molecule has 3 rings (SSSR count). The van der Waals surface area contributed by atoms with Crippen LogP contribution < -0.4 is 20.9 Å². The summed E-state index contributed by atoms with van der Waals surface area (Å²) in [4.78, 5) is 14.9. The third-order valence-corrected chi connectivity index (χ3v) is 3.28. The number of nitrogen functional groups attached to an aromatic ring is 1. The molecular weight excluding hydrogens is 248 g/mol. The minimum Gasteiger partial charge on any atom is -0.457 e. The van der Waals surface area contributed by atoms with E-state index in [1.807, 2.05) is 0 Å². The highest BCUT2D eigenvalue weighted by Gasteiger charge is 2.21. The van der Waals surface area contributed by atoms with Gasteiger partial charge in [-0.05, 0) is 12.8 Å². The Bertz CT molecular complexity index is 431. The van der Waals surface area contributed by atoms with Crippen molar-refractivity contribution in [2.45, 2.75) is 25.4 Å². The van der Waals surface area contributed by atoms with E-state index in [9.17, 15) is 0 Å². The molecule has 0 aliphatic carbocycles. The van der Waals surface area contributed by atoms with Gasteiger partial charge in [-0.25, -0.2) is 5.84 Å². The van der Waals surface area contributed by atoms with Crippen LogP contribution in [0.3, 0.4) is 0 Å². The van der Waals surface area contributed by atoms with Crippen LogP contribution in [0.1, 0.15) is 19.3 Å². The second-order valence-corrected chi connectivity index (χ2v) is 4.68. The summed E-state index contributed by atoms with van der Waals surface area (Å²) in [6.45, 7) is 3.22. The first-order valence-electron chi connectivity index (χ1n) is 6.57. The number of rotatable bonds is 4. The zero-order valence-corrected chi connectivity index (χ0v) is 10.7. The summed E-state index contributed by atoms with van der Waals surface area (Å²) < 4.78 is 11.0. The van der Waals surface area contributed by atoms with Gasteiger partial charge in [0, 0.05) is 19.5 Å². The summed E-state index contributed by atoms with van der Waals surface area (Å²) in [6, 6.07) is 0.306. The molecule has 0 amide bonds. The normalized spacial score (nSPS) is 22.8. The highest BCUT2D eigenvalue weighted by molar-refractivity contribution is 5.38. The molecule has 8 heteroatoms. The summed E-state index contributed by atoms with van der Waals surface area (Å²) in [7, 11) is 0. The average Bonchev–Trinajstić information content (AvgIpc) is 3.11. The zero-order valence-electron chi connectivity index (χ0n) is 10.7. The third-order valence-electron chi connectivity index (χ3n) is 3.28. The van der Waals surface area contributed by atoms with Crippen molar-refractivity contribution < 1.29 is 9.47 Å². The van der Waals surface area contributed by atoms with E-state index in [0.717, 1.165) is 39.0 Å². The molecule has 1 unspecified atom stereocenters. The Kier molecular flexibility index (Phi) is 3.60. The van der Waals surface area contributed by atoms with E-state index in [0.29, 0.717) is 24.5 Å². The van der Waals surface area contributed by atoms with Crippen LogP contribution in [-0.2, 0) is 4.74 Å². The molecule has 19 heavy (non-hydrogen) atoms. The highest BCUT2D eigenvalue weighted by atomic mass is 16.6. The monoisotopic (exact) mass is 266 g/mol. The van der Waals surface area contributed by atoms with Gasteiger partial charge in [-0.3, -0.25) is 5.43 Å². The van der Waals surface area contributed by atoms with Gasteiger partial charge in [-0.2, -0.15) is 15.0 Å². The largest absolute Gasteiger partial charge is 0.457 e. The summed E-state index contributed by atoms with van der Waals surface area (Å²) in [5.74, 6) is 6.34. The second-order valence-electron chi connectivity index (χ2n) is 4.68. The van der Waals surface area contributed by atoms with Crippen LogP contribution in [0.2, 0.25) is 0 Å². The van der Waals surface area contributed by atoms with Crippen LogP contribution >= 0.6 is 0 Å². The van der Waals surface area contributed by atoms with Crippen LogP contribution in [0.15, 0.2) is 0 Å². The first-order chi connectivity index (χ1) is 9.35. The van der Waals surface area contributed by atoms with Gasteiger partial charge < -0.3 is 14.4 Å². The zero-order chi connectivity index (χ0) is 13.1. The number of hydrogen-bond donors (Lipinski definition) is 2. The Balaban J connectivity index is 1.79. The van der Waals surface area contributed by atoms with Crippen LogP contribution in [0.25, 0.3) is 0 Å². The maximum Gasteiger partial charge on any atom is 0.323 e. The lowest BCUT2D eigenvalue weighted by Gasteiger charge is -2.17. The lowest BCUT2D eigenvalue weighted by atomic mass is 10.3. The maximum absolute atomic E-state index is 5.71. The molecule has 3 heterocycles. The number of nitrogens with two attached hydrogens (primary N) is 1. The minimum absolute atomic E-state index is 0.0134. The fourth-order valence-electron chi connectivity index (χ4n) is 2.28. The summed E-state index contributed by atoms with van der Waals surface area (Å²) in [6.07, 6.45) is 3.18. The standard InChI is InChI=1S/C11H18N6O2/c12-16-9-13-10(17-4-1-2-5-17)15-11(14-9)19-8-3-6-18-7-8/h8H,1-7,12H2,(H,13,14,15,16). The van der Waals surface area contributed by atoms with Crippen LogP contribution in [0, 0.1) is 0 Å². The van der Waals surface area contributed by atoms with Crippen molar-refractivity contribution in [2.75, 3.05) is 36.6 Å². The van der Waals surface area contributed by atoms with Gasteiger partial charge in [0.15, 0.2) is 0 Å². The number of ether oxygens (including phenoxy) is 2. The average molecular weight is 266 g/mol. The van der Waals surface area contributed by atoms with E-state index < -0.39 is 0 Å². The van der Waals surface area contributed by atoms with Crippen LogP contribution in [0.5, 0.6) is 6.01 Å². The van der Waals surface area contributed by atoms with Crippen LogP contribution in [-0.4, -0.2) is 47.4 Å². The van der Waals surface area contributed by atoms with Crippen molar-refractivity contribution >= 4 is 11.9 Å². The van der Waals surface area contributed by atoms with Gasteiger partial charge in [0.1, 0.15) is 6.10 Å². The lowest BCUT2D eigenvalue weighted by Crippen LogP contribution is -2.24. The van der Waals surface area contributed by atoms with Gasteiger partial charge >= 0.3 is 6.01 Å². The third kappa shape index (κ3) is 2.85. The molecule has 2 aliphatic heterocycles. The SMILES string of the molecule is NNc1nc(OC2CCOC2)nc(N2CCCC2)n1. The van der Waals surface area contributed by atoms with Gasteiger partial charge in [-0.1, -0.05) is 0 Å². The van der Waals surface area contributed by atoms with Gasteiger partial charge in [0.25, 0.3) is 0 Å². The van der Waals surface area contributed by atoms with E-state index in [-0.39, 0.29) is 6.10 Å². The molecule has 2 fully saturated rings. The fraction of sp³-hybridized carbons (Fsp3) is 0.727. The quantitative estimate of drug-likeness (QED) is 0.577. The van der Waals surface area contributed by atoms with E-state index in [1.165, 1.54) is 0 Å². The van der Waals surface area contributed by atoms with Crippen molar-refractivity contribution in [3.63, 3.8) is 0 Å². The number of nitrogens with one attached hydrogen (secondary N) is 1. The number of anilines is 2. The van der Waals surface area contributed by atoms with E-state index in [2.05, 4.69) is 25.3 Å². The molecule has 0 aromatic carbocycles. The lowest BCUT2D eigenvalue weighted by molar-refractivity contribution is 0.134. The molecule has 2 aliphatic rings. The van der Waals surface area contributed by atoms with Crippen molar-refractivity contribution in [1.82, 2.24) is 15.0 Å². The molecule has 0 radical (unpaired) electrons. The maximum atomic E-state index is 5.71. The molecule has 8 nitrogen and oxygen atoms in total. The Hall–Kier alpha value is -1.67. The molecule has 0 saturated carbocycles. The Morgan fingerprint density at radius 1 is 1.26 bits per heavy atom. The van der Waals surface area contributed by atoms with E-state index in [1.54, 1.807) is 0 Å². The number of hydrazine groups is 1. The first-order valence-corrected chi connectivity index (χ1v) is 6.57.